The van der Waals surface area contributed by atoms with Crippen molar-refractivity contribution in [3.8, 4) is 0 Å². The molecule has 0 unspecified atom stereocenters. The largest absolute Gasteiger partial charge is 0.317 e. The van der Waals surface area contributed by atoms with Gasteiger partial charge in [-0.05, 0) is 32.5 Å². The van der Waals surface area contributed by atoms with Gasteiger partial charge >= 0.3 is 0 Å². The van der Waals surface area contributed by atoms with Crippen molar-refractivity contribution in [2.45, 2.75) is 201 Å². The van der Waals surface area contributed by atoms with Crippen molar-refractivity contribution in [3.63, 3.8) is 0 Å². The Hall–Kier alpha value is -0.160. The molecule has 41 heavy (non-hydrogen) atoms. The molecule has 0 aliphatic carbocycles. The van der Waals surface area contributed by atoms with E-state index < -0.39 is 0 Å². The molecule has 1 heterocycles. The van der Waals surface area contributed by atoms with Gasteiger partial charge in [-0.3, -0.25) is 10.9 Å². The number of rotatable bonds is 23. The predicted molar refractivity (Wildman–Crippen MR) is 189 cm³/mol. The minimum absolute atomic E-state index is 1.01. The molecule has 0 radical (unpaired) electrons. The van der Waals surface area contributed by atoms with Gasteiger partial charge in [0.15, 0.2) is 0 Å². The Balaban J connectivity index is 0. The average Bonchev–Trinajstić information content (AvgIpc) is 2.98. The lowest BCUT2D eigenvalue weighted by Gasteiger charge is -2.11. The molecular formula is C37H82N4. The van der Waals surface area contributed by atoms with Crippen LogP contribution in [0.4, 0.5) is 0 Å². The fourth-order valence-corrected chi connectivity index (χ4v) is 5.22. The lowest BCUT2D eigenvalue weighted by atomic mass is 10.1. The third-order valence-corrected chi connectivity index (χ3v) is 8.08. The Morgan fingerprint density at radius 1 is 0.268 bits per heavy atom. The standard InChI is InChI=1S/C15H32.C14H30.C8H20N4/c1-3-5-7-9-11-13-15-14-12-10-8-6-4-2;1-3-5-7-9-11-13-14-12-10-8-6-4-2;1-3-9-5-2-6-11-12-8-7-10-4-1/h3-15H2,1-2H3;3-14H2,1-2H3;9-12H,1-8H2. The molecule has 0 amide bonds. The molecule has 1 rings (SSSR count). The topological polar surface area (TPSA) is 48.1 Å². The molecule has 4 N–H and O–H groups in total. The summed E-state index contributed by atoms with van der Waals surface area (Å²) in [5, 5.41) is 6.76. The quantitative estimate of drug-likeness (QED) is 0.0905. The van der Waals surface area contributed by atoms with Gasteiger partial charge in [-0.1, -0.05) is 188 Å². The lowest BCUT2D eigenvalue weighted by molar-refractivity contribution is 0.478. The third kappa shape index (κ3) is 47.0. The second-order valence-electron chi connectivity index (χ2n) is 12.5. The van der Waals surface area contributed by atoms with Crippen molar-refractivity contribution in [3.05, 3.63) is 0 Å². The van der Waals surface area contributed by atoms with E-state index in [9.17, 15) is 0 Å². The molecule has 4 heteroatoms. The highest BCUT2D eigenvalue weighted by Crippen LogP contribution is 2.13. The number of hydrogen-bond acceptors (Lipinski definition) is 4. The van der Waals surface area contributed by atoms with Crippen molar-refractivity contribution in [2.24, 2.45) is 0 Å². The van der Waals surface area contributed by atoms with Crippen LogP contribution in [0.25, 0.3) is 0 Å². The SMILES string of the molecule is C1CNCCCNNCCNC1.CCCCCCCCCCCCCC.CCCCCCCCCCCCCCC. The Morgan fingerprint density at radius 3 is 0.829 bits per heavy atom. The highest BCUT2D eigenvalue weighted by molar-refractivity contribution is 4.56. The summed E-state index contributed by atoms with van der Waals surface area (Å²) in [5.41, 5.74) is 6.34. The summed E-state index contributed by atoms with van der Waals surface area (Å²) in [5.74, 6) is 0. The number of hydrazine groups is 1. The maximum Gasteiger partial charge on any atom is 0.0225 e. The molecule has 0 aromatic rings. The van der Waals surface area contributed by atoms with E-state index in [0.29, 0.717) is 0 Å². The first-order chi connectivity index (χ1) is 20.3. The zero-order chi connectivity index (χ0) is 30.2. The summed E-state index contributed by atoms with van der Waals surface area (Å²) in [6, 6.07) is 0. The monoisotopic (exact) mass is 583 g/mol. The van der Waals surface area contributed by atoms with Crippen molar-refractivity contribution in [1.82, 2.24) is 21.5 Å². The van der Waals surface area contributed by atoms with E-state index >= 15 is 0 Å². The van der Waals surface area contributed by atoms with Gasteiger partial charge in [0, 0.05) is 19.6 Å². The van der Waals surface area contributed by atoms with E-state index in [1.165, 1.54) is 173 Å². The van der Waals surface area contributed by atoms with Crippen molar-refractivity contribution >= 4 is 0 Å². The molecule has 0 bridgehead atoms. The summed E-state index contributed by atoms with van der Waals surface area (Å²) in [7, 11) is 0. The van der Waals surface area contributed by atoms with E-state index in [1.54, 1.807) is 0 Å². The van der Waals surface area contributed by atoms with Gasteiger partial charge < -0.3 is 10.6 Å². The van der Waals surface area contributed by atoms with Crippen LogP contribution in [0.5, 0.6) is 0 Å². The van der Waals surface area contributed by atoms with E-state index in [2.05, 4.69) is 49.2 Å². The summed E-state index contributed by atoms with van der Waals surface area (Å²) < 4.78 is 0. The molecule has 0 saturated carbocycles. The summed E-state index contributed by atoms with van der Waals surface area (Å²) in [6.45, 7) is 15.6. The van der Waals surface area contributed by atoms with Gasteiger partial charge in [0.1, 0.15) is 0 Å². The second-order valence-corrected chi connectivity index (χ2v) is 12.5. The molecule has 0 aromatic heterocycles. The van der Waals surface area contributed by atoms with Gasteiger partial charge in [-0.25, -0.2) is 0 Å². The number of unbranched alkanes of at least 4 members (excludes halogenated alkanes) is 23. The van der Waals surface area contributed by atoms with Crippen LogP contribution >= 0.6 is 0 Å². The zero-order valence-corrected chi connectivity index (χ0v) is 29.3. The van der Waals surface area contributed by atoms with E-state index in [0.717, 1.165) is 39.3 Å². The van der Waals surface area contributed by atoms with Gasteiger partial charge in [0.2, 0.25) is 0 Å². The summed E-state index contributed by atoms with van der Waals surface area (Å²) in [4.78, 5) is 0. The van der Waals surface area contributed by atoms with Gasteiger partial charge in [-0.15, -0.1) is 0 Å². The molecule has 4 nitrogen and oxygen atoms in total. The van der Waals surface area contributed by atoms with Crippen LogP contribution in [0.15, 0.2) is 0 Å². The van der Waals surface area contributed by atoms with Gasteiger partial charge in [-0.2, -0.15) is 0 Å². The average molecular weight is 583 g/mol. The Morgan fingerprint density at radius 2 is 0.512 bits per heavy atom. The van der Waals surface area contributed by atoms with Crippen LogP contribution < -0.4 is 21.5 Å². The Kier molecular flexibility index (Phi) is 46.4. The fourth-order valence-electron chi connectivity index (χ4n) is 5.22. The molecule has 1 fully saturated rings. The van der Waals surface area contributed by atoms with E-state index in [4.69, 9.17) is 0 Å². The molecule has 1 aliphatic rings. The maximum atomic E-state index is 3.40. The summed E-state index contributed by atoms with van der Waals surface area (Å²) >= 11 is 0. The molecule has 1 aliphatic heterocycles. The van der Waals surface area contributed by atoms with Crippen LogP contribution in [-0.2, 0) is 0 Å². The second kappa shape index (κ2) is 44.3. The van der Waals surface area contributed by atoms with Crippen molar-refractivity contribution in [1.29, 1.82) is 0 Å². The molecule has 0 atom stereocenters. The Bertz CT molecular complexity index is 337. The molecular weight excluding hydrogens is 500 g/mol. The van der Waals surface area contributed by atoms with E-state index in [-0.39, 0.29) is 0 Å². The highest BCUT2D eigenvalue weighted by atomic mass is 15.3. The molecule has 1 saturated heterocycles. The number of nitrogens with one attached hydrogen (secondary N) is 4. The summed E-state index contributed by atoms with van der Waals surface area (Å²) in [6.07, 6.45) is 38.8. The van der Waals surface area contributed by atoms with Crippen LogP contribution in [-0.4, -0.2) is 39.3 Å². The maximum absolute atomic E-state index is 3.40. The smallest absolute Gasteiger partial charge is 0.0225 e. The normalized spacial score (nSPS) is 14.6. The first kappa shape index (κ1) is 43.0. The van der Waals surface area contributed by atoms with Crippen LogP contribution in [0.3, 0.4) is 0 Å². The van der Waals surface area contributed by atoms with Gasteiger partial charge in [0.25, 0.3) is 0 Å². The molecule has 250 valence electrons. The van der Waals surface area contributed by atoms with Crippen LogP contribution in [0, 0.1) is 0 Å². The number of hydrogen-bond donors (Lipinski definition) is 4. The van der Waals surface area contributed by atoms with Crippen LogP contribution in [0.1, 0.15) is 201 Å². The molecule has 0 spiro atoms. The Labute approximate surface area is 261 Å². The van der Waals surface area contributed by atoms with Gasteiger partial charge in [0.05, 0.1) is 0 Å². The first-order valence-corrected chi connectivity index (χ1v) is 19.2. The lowest BCUT2D eigenvalue weighted by Crippen LogP contribution is -2.39. The van der Waals surface area contributed by atoms with E-state index in [1.807, 2.05) is 0 Å². The zero-order valence-electron chi connectivity index (χ0n) is 29.3. The predicted octanol–water partition coefficient (Wildman–Crippen LogP) is 10.9. The minimum atomic E-state index is 1.01. The van der Waals surface area contributed by atoms with Crippen LogP contribution in [0.2, 0.25) is 0 Å². The third-order valence-electron chi connectivity index (χ3n) is 8.08. The van der Waals surface area contributed by atoms with Crippen molar-refractivity contribution in [2.75, 3.05) is 39.3 Å². The molecule has 0 aromatic carbocycles. The van der Waals surface area contributed by atoms with Crippen molar-refractivity contribution < 1.29 is 0 Å². The highest BCUT2D eigenvalue weighted by Gasteiger charge is 1.94. The first-order valence-electron chi connectivity index (χ1n) is 19.2. The fraction of sp³-hybridized carbons (Fsp3) is 1.00. The minimum Gasteiger partial charge on any atom is -0.317 e.